The van der Waals surface area contributed by atoms with Crippen LogP contribution in [0.15, 0.2) is 6.07 Å². The van der Waals surface area contributed by atoms with E-state index in [0.717, 1.165) is 23.0 Å². The second kappa shape index (κ2) is 8.12. The molecule has 0 aliphatic carbocycles. The summed E-state index contributed by atoms with van der Waals surface area (Å²) < 4.78 is 0. The van der Waals surface area contributed by atoms with Gasteiger partial charge in [0.25, 0.3) is 0 Å². The number of carbonyl (C=O) groups is 1. The Balaban J connectivity index is 2.35. The van der Waals surface area contributed by atoms with E-state index in [0.29, 0.717) is 19.4 Å². The van der Waals surface area contributed by atoms with Crippen molar-refractivity contribution in [2.24, 2.45) is 0 Å². The number of hydrogen-bond acceptors (Lipinski definition) is 5. The third-order valence-electron chi connectivity index (χ3n) is 2.57. The molecule has 0 radical (unpaired) electrons. The zero-order valence-electron chi connectivity index (χ0n) is 11.6. The highest BCUT2D eigenvalue weighted by Crippen LogP contribution is 2.01. The first-order valence-corrected chi connectivity index (χ1v) is 7.68. The molecule has 1 rings (SSSR count). The second-order valence-corrected chi connectivity index (χ2v) is 5.39. The van der Waals surface area contributed by atoms with E-state index >= 15 is 0 Å². The molecule has 0 aliphatic rings. The molecule has 0 bridgehead atoms. The average molecular weight is 283 g/mol. The molecule has 0 saturated heterocycles. The summed E-state index contributed by atoms with van der Waals surface area (Å²) >= 11 is 1.61. The molecule has 1 aromatic heterocycles. The number of aliphatic hydroxyl groups is 1. The monoisotopic (exact) mass is 283 g/mol. The van der Waals surface area contributed by atoms with Crippen LogP contribution in [0.4, 0.5) is 0 Å². The molecule has 2 N–H and O–H groups in total. The van der Waals surface area contributed by atoms with Gasteiger partial charge in [-0.25, -0.2) is 9.97 Å². The number of carbonyl (C=O) groups excluding carboxylic acids is 1. The molecule has 0 aliphatic heterocycles. The van der Waals surface area contributed by atoms with E-state index in [-0.39, 0.29) is 5.91 Å². The highest BCUT2D eigenvalue weighted by atomic mass is 32.2. The van der Waals surface area contributed by atoms with Crippen molar-refractivity contribution in [3.63, 3.8) is 0 Å². The highest BCUT2D eigenvalue weighted by molar-refractivity contribution is 7.98. The lowest BCUT2D eigenvalue weighted by molar-refractivity contribution is -0.129. The van der Waals surface area contributed by atoms with E-state index in [2.05, 4.69) is 15.3 Å². The number of aliphatic hydroxyl groups excluding tert-OH is 1. The van der Waals surface area contributed by atoms with Gasteiger partial charge in [0, 0.05) is 24.4 Å². The first kappa shape index (κ1) is 15.9. The molecule has 0 saturated carbocycles. The maximum Gasteiger partial charge on any atom is 0.248 e. The highest BCUT2D eigenvalue weighted by Gasteiger charge is 2.13. The van der Waals surface area contributed by atoms with Gasteiger partial charge >= 0.3 is 0 Å². The summed E-state index contributed by atoms with van der Waals surface area (Å²) in [6.45, 7) is 4.28. The lowest BCUT2D eigenvalue weighted by Gasteiger charge is -2.10. The van der Waals surface area contributed by atoms with Crippen LogP contribution >= 0.6 is 11.8 Å². The van der Waals surface area contributed by atoms with Crippen molar-refractivity contribution in [1.82, 2.24) is 15.3 Å². The maximum atomic E-state index is 11.6. The fourth-order valence-electron chi connectivity index (χ4n) is 1.69. The lowest BCUT2D eigenvalue weighted by atomic mass is 10.2. The summed E-state index contributed by atoms with van der Waals surface area (Å²) in [6.07, 6.45) is 2.08. The fraction of sp³-hybridized carbons (Fsp3) is 0.615. The summed E-state index contributed by atoms with van der Waals surface area (Å²) in [4.78, 5) is 20.2. The van der Waals surface area contributed by atoms with Crippen LogP contribution in [0.1, 0.15) is 23.6 Å². The van der Waals surface area contributed by atoms with Gasteiger partial charge in [-0.3, -0.25) is 4.79 Å². The third kappa shape index (κ3) is 6.02. The van der Waals surface area contributed by atoms with Crippen molar-refractivity contribution in [3.8, 4) is 0 Å². The molecular formula is C13H21N3O2S. The van der Waals surface area contributed by atoms with Gasteiger partial charge in [-0.2, -0.15) is 11.8 Å². The Morgan fingerprint density at radius 1 is 1.42 bits per heavy atom. The first-order chi connectivity index (χ1) is 9.02. The van der Waals surface area contributed by atoms with Crippen LogP contribution in [0.2, 0.25) is 0 Å². The van der Waals surface area contributed by atoms with E-state index in [1.54, 1.807) is 11.8 Å². The second-order valence-electron chi connectivity index (χ2n) is 4.41. The minimum absolute atomic E-state index is 0.321. The average Bonchev–Trinajstić information content (AvgIpc) is 2.34. The molecule has 0 fully saturated rings. The molecule has 5 nitrogen and oxygen atoms in total. The lowest BCUT2D eigenvalue weighted by Crippen LogP contribution is -2.36. The van der Waals surface area contributed by atoms with Crippen molar-refractivity contribution < 1.29 is 9.90 Å². The minimum atomic E-state index is -0.924. The molecule has 106 valence electrons. The predicted octanol–water partition coefficient (Wildman–Crippen LogP) is 0.866. The van der Waals surface area contributed by atoms with Gasteiger partial charge in [-0.15, -0.1) is 0 Å². The van der Waals surface area contributed by atoms with Gasteiger partial charge in [0.05, 0.1) is 0 Å². The molecule has 6 heteroatoms. The first-order valence-electron chi connectivity index (χ1n) is 6.29. The molecule has 0 unspecified atom stereocenters. The number of aryl methyl sites for hydroxylation is 2. The number of thioether (sulfide) groups is 1. The SMILES string of the molecule is CSCC[C@H](O)C(=O)NCCc1nc(C)cc(C)n1. The molecule has 0 spiro atoms. The molecule has 1 heterocycles. The van der Waals surface area contributed by atoms with E-state index in [4.69, 9.17) is 0 Å². The standard InChI is InChI=1S/C13H21N3O2S/c1-9-8-10(2)16-12(15-9)4-6-14-13(18)11(17)5-7-19-3/h8,11,17H,4-7H2,1-3H3,(H,14,18)/t11-/m0/s1. The number of nitrogens with zero attached hydrogens (tertiary/aromatic N) is 2. The van der Waals surface area contributed by atoms with Crippen LogP contribution < -0.4 is 5.32 Å². The summed E-state index contributed by atoms with van der Waals surface area (Å²) in [5.74, 6) is 1.17. The van der Waals surface area contributed by atoms with Crippen LogP contribution in [0.5, 0.6) is 0 Å². The van der Waals surface area contributed by atoms with Crippen molar-refractivity contribution >= 4 is 17.7 Å². The van der Waals surface area contributed by atoms with E-state index in [1.165, 1.54) is 0 Å². The van der Waals surface area contributed by atoms with Crippen LogP contribution in [-0.4, -0.2) is 45.6 Å². The van der Waals surface area contributed by atoms with E-state index in [9.17, 15) is 9.90 Å². The number of rotatable bonds is 7. The number of amides is 1. The Labute approximate surface area is 118 Å². The smallest absolute Gasteiger partial charge is 0.248 e. The Morgan fingerprint density at radius 3 is 2.63 bits per heavy atom. The summed E-state index contributed by atoms with van der Waals surface area (Å²) in [7, 11) is 0. The zero-order valence-corrected chi connectivity index (χ0v) is 12.5. The van der Waals surface area contributed by atoms with Crippen molar-refractivity contribution in [1.29, 1.82) is 0 Å². The normalized spacial score (nSPS) is 12.2. The molecule has 1 aromatic rings. The topological polar surface area (TPSA) is 75.1 Å². The van der Waals surface area contributed by atoms with Crippen molar-refractivity contribution in [2.45, 2.75) is 32.8 Å². The Bertz CT molecular complexity index is 406. The molecule has 0 aromatic carbocycles. The molecule has 19 heavy (non-hydrogen) atoms. The van der Waals surface area contributed by atoms with Crippen LogP contribution in [-0.2, 0) is 11.2 Å². The zero-order chi connectivity index (χ0) is 14.3. The summed E-state index contributed by atoms with van der Waals surface area (Å²) in [6, 6.07) is 1.91. The van der Waals surface area contributed by atoms with Crippen LogP contribution in [0.25, 0.3) is 0 Å². The summed E-state index contributed by atoms with van der Waals surface area (Å²) in [5, 5.41) is 12.3. The van der Waals surface area contributed by atoms with Crippen molar-refractivity contribution in [2.75, 3.05) is 18.6 Å². The fourth-order valence-corrected chi connectivity index (χ4v) is 2.15. The summed E-state index contributed by atoms with van der Waals surface area (Å²) in [5.41, 5.74) is 1.85. The van der Waals surface area contributed by atoms with Gasteiger partial charge < -0.3 is 10.4 Å². The van der Waals surface area contributed by atoms with Crippen LogP contribution in [0, 0.1) is 13.8 Å². The molecule has 1 atom stereocenters. The predicted molar refractivity (Wildman–Crippen MR) is 77.2 cm³/mol. The maximum absolute atomic E-state index is 11.6. The Morgan fingerprint density at radius 2 is 2.05 bits per heavy atom. The third-order valence-corrected chi connectivity index (χ3v) is 3.22. The van der Waals surface area contributed by atoms with Gasteiger partial charge in [-0.1, -0.05) is 0 Å². The number of hydrogen-bond donors (Lipinski definition) is 2. The Hall–Kier alpha value is -1.14. The number of aromatic nitrogens is 2. The van der Waals surface area contributed by atoms with Gasteiger partial charge in [0.15, 0.2) is 0 Å². The van der Waals surface area contributed by atoms with Gasteiger partial charge in [-0.05, 0) is 38.3 Å². The quantitative estimate of drug-likeness (QED) is 0.776. The largest absolute Gasteiger partial charge is 0.383 e. The van der Waals surface area contributed by atoms with E-state index in [1.807, 2.05) is 26.2 Å². The van der Waals surface area contributed by atoms with Gasteiger partial charge in [0.1, 0.15) is 11.9 Å². The van der Waals surface area contributed by atoms with Gasteiger partial charge in [0.2, 0.25) is 5.91 Å². The number of nitrogens with one attached hydrogen (secondary N) is 1. The molecule has 1 amide bonds. The minimum Gasteiger partial charge on any atom is -0.383 e. The van der Waals surface area contributed by atoms with E-state index < -0.39 is 6.10 Å². The van der Waals surface area contributed by atoms with Crippen LogP contribution in [0.3, 0.4) is 0 Å². The van der Waals surface area contributed by atoms with Crippen molar-refractivity contribution in [3.05, 3.63) is 23.3 Å². The molecular weight excluding hydrogens is 262 g/mol. The Kier molecular flexibility index (Phi) is 6.80.